The number of halogens is 1. The van der Waals surface area contributed by atoms with Crippen LogP contribution in [0.2, 0.25) is 0 Å². The number of nitrogens with zero attached hydrogens (tertiary/aromatic N) is 2. The Morgan fingerprint density at radius 2 is 1.57 bits per heavy atom. The molecule has 0 bridgehead atoms. The zero-order chi connectivity index (χ0) is 14.6. The molecule has 2 aliphatic heterocycles. The van der Waals surface area contributed by atoms with Crippen molar-refractivity contribution in [2.24, 2.45) is 11.8 Å². The minimum atomic E-state index is -3.41. The zero-order valence-corrected chi connectivity index (χ0v) is 14.3. The lowest BCUT2D eigenvalue weighted by Gasteiger charge is -2.27. The van der Waals surface area contributed by atoms with Crippen molar-refractivity contribution in [1.29, 1.82) is 0 Å². The smallest absolute Gasteiger partial charge is 0.282 e. The van der Waals surface area contributed by atoms with Crippen molar-refractivity contribution in [3.8, 4) is 0 Å². The SMILES string of the molecule is COCCN(CCOC)S(=O)(=O)N1C[C@H]2CNC[C@H]2C1.Cl. The van der Waals surface area contributed by atoms with E-state index in [0.29, 0.717) is 51.2 Å². The summed E-state index contributed by atoms with van der Waals surface area (Å²) < 4.78 is 38.5. The Kier molecular flexibility index (Phi) is 7.83. The first kappa shape index (κ1) is 19.1. The van der Waals surface area contributed by atoms with Gasteiger partial charge in [0, 0.05) is 40.4 Å². The molecule has 2 saturated heterocycles. The maximum absolute atomic E-state index is 12.7. The van der Waals surface area contributed by atoms with Gasteiger partial charge >= 0.3 is 0 Å². The molecule has 0 spiro atoms. The maximum Gasteiger partial charge on any atom is 0.282 e. The maximum atomic E-state index is 12.7. The lowest BCUT2D eigenvalue weighted by atomic mass is 10.0. The van der Waals surface area contributed by atoms with E-state index in [1.807, 2.05) is 0 Å². The standard InChI is InChI=1S/C12H25N3O4S.ClH/c1-18-5-3-14(4-6-19-2)20(16,17)15-9-11-7-13-8-12(11)10-15;/h11-13H,3-10H2,1-2H3;1H/t11-,12+;. The van der Waals surface area contributed by atoms with Gasteiger partial charge in [0.15, 0.2) is 0 Å². The van der Waals surface area contributed by atoms with Gasteiger partial charge in [-0.25, -0.2) is 0 Å². The molecule has 0 aromatic carbocycles. The van der Waals surface area contributed by atoms with Crippen LogP contribution in [0.1, 0.15) is 0 Å². The normalized spacial score (nSPS) is 26.0. The Morgan fingerprint density at radius 1 is 1.10 bits per heavy atom. The molecule has 0 aromatic heterocycles. The van der Waals surface area contributed by atoms with E-state index in [4.69, 9.17) is 9.47 Å². The van der Waals surface area contributed by atoms with Gasteiger partial charge in [-0.05, 0) is 24.9 Å². The Balaban J connectivity index is 0.00000220. The van der Waals surface area contributed by atoms with Crippen molar-refractivity contribution < 1.29 is 17.9 Å². The third-order valence-corrected chi connectivity index (χ3v) is 6.07. The monoisotopic (exact) mass is 343 g/mol. The van der Waals surface area contributed by atoms with E-state index < -0.39 is 10.2 Å². The molecule has 9 heteroatoms. The van der Waals surface area contributed by atoms with Crippen LogP contribution in [-0.2, 0) is 19.7 Å². The Bertz CT molecular complexity index is 389. The quantitative estimate of drug-likeness (QED) is 0.637. The highest BCUT2D eigenvalue weighted by Crippen LogP contribution is 2.29. The van der Waals surface area contributed by atoms with E-state index in [1.165, 1.54) is 4.31 Å². The Hall–Kier alpha value is 0.0400. The fraction of sp³-hybridized carbons (Fsp3) is 1.00. The predicted molar refractivity (Wildman–Crippen MR) is 82.9 cm³/mol. The van der Waals surface area contributed by atoms with Crippen molar-refractivity contribution in [3.63, 3.8) is 0 Å². The third kappa shape index (κ3) is 4.51. The largest absolute Gasteiger partial charge is 0.383 e. The highest BCUT2D eigenvalue weighted by atomic mass is 35.5. The van der Waals surface area contributed by atoms with Gasteiger partial charge in [-0.3, -0.25) is 0 Å². The average molecular weight is 344 g/mol. The van der Waals surface area contributed by atoms with Crippen LogP contribution in [0.15, 0.2) is 0 Å². The minimum absolute atomic E-state index is 0. The number of hydrogen-bond acceptors (Lipinski definition) is 5. The Labute approximate surface area is 133 Å². The highest BCUT2D eigenvalue weighted by Gasteiger charge is 2.42. The highest BCUT2D eigenvalue weighted by molar-refractivity contribution is 7.86. The van der Waals surface area contributed by atoms with Crippen molar-refractivity contribution in [1.82, 2.24) is 13.9 Å². The van der Waals surface area contributed by atoms with Gasteiger partial charge in [-0.2, -0.15) is 17.0 Å². The summed E-state index contributed by atoms with van der Waals surface area (Å²) in [6, 6.07) is 0. The molecule has 1 N–H and O–H groups in total. The first-order valence-electron chi connectivity index (χ1n) is 7.03. The van der Waals surface area contributed by atoms with Crippen LogP contribution < -0.4 is 5.32 Å². The summed E-state index contributed by atoms with van der Waals surface area (Å²) >= 11 is 0. The molecular weight excluding hydrogens is 318 g/mol. The molecule has 0 amide bonds. The van der Waals surface area contributed by atoms with E-state index in [1.54, 1.807) is 18.5 Å². The number of methoxy groups -OCH3 is 2. The summed E-state index contributed by atoms with van der Waals surface area (Å²) in [6.07, 6.45) is 0. The van der Waals surface area contributed by atoms with Crippen molar-refractivity contribution in [2.75, 3.05) is 66.7 Å². The second-order valence-corrected chi connectivity index (χ2v) is 7.32. The zero-order valence-electron chi connectivity index (χ0n) is 12.7. The molecular formula is C12H26ClN3O4S. The molecule has 0 aliphatic carbocycles. The van der Waals surface area contributed by atoms with Gasteiger partial charge < -0.3 is 14.8 Å². The van der Waals surface area contributed by atoms with Crippen molar-refractivity contribution >= 4 is 22.6 Å². The molecule has 21 heavy (non-hydrogen) atoms. The van der Waals surface area contributed by atoms with Crippen LogP contribution in [0.4, 0.5) is 0 Å². The van der Waals surface area contributed by atoms with E-state index in [9.17, 15) is 8.42 Å². The van der Waals surface area contributed by atoms with E-state index in [-0.39, 0.29) is 12.4 Å². The molecule has 0 saturated carbocycles. The molecule has 2 atom stereocenters. The van der Waals surface area contributed by atoms with Crippen LogP contribution in [-0.4, -0.2) is 83.7 Å². The molecule has 0 radical (unpaired) electrons. The van der Waals surface area contributed by atoms with Gasteiger partial charge in [0.2, 0.25) is 0 Å². The lowest BCUT2D eigenvalue weighted by molar-refractivity contribution is 0.147. The number of nitrogens with one attached hydrogen (secondary N) is 1. The number of fused-ring (bicyclic) bond motifs is 1. The van der Waals surface area contributed by atoms with Gasteiger partial charge in [0.05, 0.1) is 13.2 Å². The van der Waals surface area contributed by atoms with E-state index in [0.717, 1.165) is 13.1 Å². The second-order valence-electron chi connectivity index (χ2n) is 5.39. The minimum Gasteiger partial charge on any atom is -0.383 e. The molecule has 0 aromatic rings. The first-order valence-corrected chi connectivity index (χ1v) is 8.43. The second kappa shape index (κ2) is 8.61. The summed E-state index contributed by atoms with van der Waals surface area (Å²) in [5, 5.41) is 3.32. The molecule has 2 fully saturated rings. The van der Waals surface area contributed by atoms with Crippen LogP contribution in [0.3, 0.4) is 0 Å². The van der Waals surface area contributed by atoms with Gasteiger partial charge in [-0.15, -0.1) is 12.4 Å². The van der Waals surface area contributed by atoms with Crippen LogP contribution >= 0.6 is 12.4 Å². The van der Waals surface area contributed by atoms with Crippen LogP contribution in [0.5, 0.6) is 0 Å². The van der Waals surface area contributed by atoms with Crippen molar-refractivity contribution in [2.45, 2.75) is 0 Å². The molecule has 7 nitrogen and oxygen atoms in total. The molecule has 2 aliphatic rings. The Morgan fingerprint density at radius 3 is 2.00 bits per heavy atom. The molecule has 0 unspecified atom stereocenters. The number of rotatable bonds is 8. The first-order chi connectivity index (χ1) is 9.59. The van der Waals surface area contributed by atoms with Crippen LogP contribution in [0, 0.1) is 11.8 Å². The average Bonchev–Trinajstić information content (AvgIpc) is 2.99. The number of hydrogen-bond donors (Lipinski definition) is 1. The van der Waals surface area contributed by atoms with E-state index >= 15 is 0 Å². The molecule has 2 rings (SSSR count). The number of ether oxygens (including phenoxy) is 2. The van der Waals surface area contributed by atoms with E-state index in [2.05, 4.69) is 5.32 Å². The van der Waals surface area contributed by atoms with Gasteiger partial charge in [-0.1, -0.05) is 0 Å². The topological polar surface area (TPSA) is 71.1 Å². The lowest BCUT2D eigenvalue weighted by Crippen LogP contribution is -2.46. The molecule has 126 valence electrons. The predicted octanol–water partition coefficient (Wildman–Crippen LogP) is -0.601. The third-order valence-electron chi connectivity index (χ3n) is 4.10. The van der Waals surface area contributed by atoms with Crippen molar-refractivity contribution in [3.05, 3.63) is 0 Å². The van der Waals surface area contributed by atoms with Gasteiger partial charge in [0.1, 0.15) is 0 Å². The summed E-state index contributed by atoms with van der Waals surface area (Å²) in [5.74, 6) is 0.910. The fourth-order valence-electron chi connectivity index (χ4n) is 2.89. The summed E-state index contributed by atoms with van der Waals surface area (Å²) in [6.45, 7) is 4.61. The van der Waals surface area contributed by atoms with Crippen LogP contribution in [0.25, 0.3) is 0 Å². The van der Waals surface area contributed by atoms with Gasteiger partial charge in [0.25, 0.3) is 10.2 Å². The summed E-state index contributed by atoms with van der Waals surface area (Å²) in [7, 11) is -0.256. The molecule has 2 heterocycles. The fourth-order valence-corrected chi connectivity index (χ4v) is 4.59. The summed E-state index contributed by atoms with van der Waals surface area (Å²) in [4.78, 5) is 0. The summed E-state index contributed by atoms with van der Waals surface area (Å²) in [5.41, 5.74) is 0.